The van der Waals surface area contributed by atoms with E-state index in [1.54, 1.807) is 6.20 Å². The molecule has 0 radical (unpaired) electrons. The number of ether oxygens (including phenoxy) is 2. The van der Waals surface area contributed by atoms with E-state index in [4.69, 9.17) is 21.1 Å². The summed E-state index contributed by atoms with van der Waals surface area (Å²) in [6.45, 7) is 1.82. The van der Waals surface area contributed by atoms with Crippen molar-refractivity contribution < 1.29 is 9.47 Å². The molecular weight excluding hydrogens is 224 g/mol. The minimum atomic E-state index is -0.409. The van der Waals surface area contributed by atoms with Gasteiger partial charge in [-0.15, -0.1) is 0 Å². The third kappa shape index (κ3) is 1.86. The molecule has 4 nitrogen and oxygen atoms in total. The molecule has 0 unspecified atom stereocenters. The van der Waals surface area contributed by atoms with Crippen molar-refractivity contribution in [2.45, 2.75) is 24.7 Å². The summed E-state index contributed by atoms with van der Waals surface area (Å²) in [5, 5.41) is 1.03. The van der Waals surface area contributed by atoms with Crippen molar-refractivity contribution in [2.24, 2.45) is 0 Å². The number of hydrogen-bond donors (Lipinski definition) is 0. The highest BCUT2D eigenvalue weighted by Gasteiger charge is 2.31. The second-order valence-electron chi connectivity index (χ2n) is 2.77. The van der Waals surface area contributed by atoms with Gasteiger partial charge in [0.1, 0.15) is 5.15 Å². The van der Waals surface area contributed by atoms with E-state index in [1.807, 2.05) is 13.2 Å². The zero-order valence-electron chi connectivity index (χ0n) is 7.73. The van der Waals surface area contributed by atoms with Gasteiger partial charge in [0.25, 0.3) is 0 Å². The molecule has 0 aromatic carbocycles. The smallest absolute Gasteiger partial charge is 0.194 e. The first-order valence-electron chi connectivity index (χ1n) is 4.08. The van der Waals surface area contributed by atoms with Gasteiger partial charge in [0.05, 0.1) is 5.56 Å². The predicted octanol–water partition coefficient (Wildman–Crippen LogP) is 2.24. The monoisotopic (exact) mass is 232 g/mol. The lowest BCUT2D eigenvalue weighted by atomic mass is 10.3. The molecule has 1 fully saturated rings. The van der Waals surface area contributed by atoms with Crippen LogP contribution in [0.3, 0.4) is 0 Å². The summed E-state index contributed by atoms with van der Waals surface area (Å²) in [6.07, 6.45) is 2.95. The van der Waals surface area contributed by atoms with Crippen LogP contribution in [0, 0.1) is 0 Å². The number of hydrogen-bond acceptors (Lipinski definition) is 5. The van der Waals surface area contributed by atoms with Crippen molar-refractivity contribution in [2.75, 3.05) is 6.26 Å². The van der Waals surface area contributed by atoms with E-state index in [0.29, 0.717) is 15.9 Å². The quantitative estimate of drug-likeness (QED) is 0.445. The molecule has 1 aromatic rings. The second-order valence-corrected chi connectivity index (χ2v) is 3.91. The largest absolute Gasteiger partial charge is 0.319 e. The molecule has 0 spiro atoms. The van der Waals surface area contributed by atoms with E-state index in [9.17, 15) is 0 Å². The molecule has 0 N–H and O–H groups in total. The third-order valence-electron chi connectivity index (χ3n) is 1.81. The van der Waals surface area contributed by atoms with Crippen molar-refractivity contribution in [1.29, 1.82) is 0 Å². The second kappa shape index (κ2) is 4.02. The van der Waals surface area contributed by atoms with Gasteiger partial charge in [0, 0.05) is 6.20 Å². The zero-order valence-corrected chi connectivity index (χ0v) is 9.30. The number of thioether (sulfide) groups is 1. The highest BCUT2D eigenvalue weighted by Crippen LogP contribution is 2.34. The summed E-state index contributed by atoms with van der Waals surface area (Å²) in [5.41, 5.74) is 0.683. The van der Waals surface area contributed by atoms with E-state index < -0.39 is 6.29 Å². The first-order valence-corrected chi connectivity index (χ1v) is 5.68. The summed E-state index contributed by atoms with van der Waals surface area (Å²) >= 11 is 7.38. The lowest BCUT2D eigenvalue weighted by Crippen LogP contribution is -2.32. The number of aromatic nitrogens is 2. The maximum atomic E-state index is 5.94. The van der Waals surface area contributed by atoms with Gasteiger partial charge in [-0.3, -0.25) is 0 Å². The van der Waals surface area contributed by atoms with Crippen LogP contribution in [-0.4, -0.2) is 22.5 Å². The van der Waals surface area contributed by atoms with Crippen LogP contribution in [0.1, 0.15) is 18.8 Å². The Balaban J connectivity index is 2.18. The van der Waals surface area contributed by atoms with Crippen molar-refractivity contribution in [3.8, 4) is 0 Å². The van der Waals surface area contributed by atoms with Crippen molar-refractivity contribution in [3.05, 3.63) is 16.9 Å². The third-order valence-corrected chi connectivity index (χ3v) is 2.68. The number of rotatable bonds is 2. The van der Waals surface area contributed by atoms with Crippen LogP contribution in [-0.2, 0) is 9.47 Å². The minimum Gasteiger partial charge on any atom is -0.319 e. The van der Waals surface area contributed by atoms with Gasteiger partial charge in [-0.1, -0.05) is 23.4 Å². The average molecular weight is 233 g/mol. The molecule has 2 heterocycles. The van der Waals surface area contributed by atoms with E-state index >= 15 is 0 Å². The van der Waals surface area contributed by atoms with Crippen LogP contribution in [0.25, 0.3) is 0 Å². The predicted molar refractivity (Wildman–Crippen MR) is 53.2 cm³/mol. The number of halogens is 1. The molecule has 1 saturated heterocycles. The van der Waals surface area contributed by atoms with Gasteiger partial charge in [0.2, 0.25) is 0 Å². The summed E-state index contributed by atoms with van der Waals surface area (Å²) in [5.74, 6) is 0. The fourth-order valence-electron chi connectivity index (χ4n) is 1.12. The molecule has 0 amide bonds. The topological polar surface area (TPSA) is 44.2 Å². The molecule has 76 valence electrons. The summed E-state index contributed by atoms with van der Waals surface area (Å²) < 4.78 is 10.6. The van der Waals surface area contributed by atoms with Crippen LogP contribution in [0.5, 0.6) is 0 Å². The van der Waals surface area contributed by atoms with Gasteiger partial charge < -0.3 is 9.47 Å². The fourth-order valence-corrected chi connectivity index (χ4v) is 1.73. The molecule has 0 aliphatic carbocycles. The summed E-state index contributed by atoms with van der Waals surface area (Å²) in [4.78, 5) is 8.17. The molecule has 14 heavy (non-hydrogen) atoms. The van der Waals surface area contributed by atoms with Crippen molar-refractivity contribution >= 4 is 23.4 Å². The summed E-state index contributed by atoms with van der Waals surface area (Å²) in [6, 6.07) is 0. The fraction of sp³-hybridized carbons (Fsp3) is 0.500. The number of nitrogens with zero attached hydrogens (tertiary/aromatic N) is 2. The Kier molecular flexibility index (Phi) is 2.92. The van der Waals surface area contributed by atoms with E-state index in [2.05, 4.69) is 9.97 Å². The maximum Gasteiger partial charge on any atom is 0.194 e. The first-order chi connectivity index (χ1) is 6.70. The molecule has 1 aliphatic rings. The average Bonchev–Trinajstić information content (AvgIpc) is 2.13. The van der Waals surface area contributed by atoms with Crippen LogP contribution < -0.4 is 0 Å². The first kappa shape index (κ1) is 10.2. The van der Waals surface area contributed by atoms with E-state index in [0.717, 1.165) is 0 Å². The highest BCUT2D eigenvalue weighted by atomic mass is 35.5. The molecule has 1 aliphatic heterocycles. The van der Waals surface area contributed by atoms with Crippen LogP contribution >= 0.6 is 23.4 Å². The molecular formula is C8H9ClN2O2S. The molecule has 0 bridgehead atoms. The van der Waals surface area contributed by atoms with E-state index in [-0.39, 0.29) is 6.29 Å². The Bertz CT molecular complexity index is 344. The van der Waals surface area contributed by atoms with Gasteiger partial charge in [-0.25, -0.2) is 9.97 Å². The zero-order chi connectivity index (χ0) is 10.1. The normalized spacial score (nSPS) is 25.9. The van der Waals surface area contributed by atoms with Crippen molar-refractivity contribution in [3.63, 3.8) is 0 Å². The van der Waals surface area contributed by atoms with Crippen LogP contribution in [0.2, 0.25) is 5.15 Å². The van der Waals surface area contributed by atoms with Crippen molar-refractivity contribution in [1.82, 2.24) is 9.97 Å². The standard InChI is InChI=1S/C8H9ClN2O2S/c1-4-12-7(13-4)5-3-10-8(14-2)11-6(5)9/h3-4,7H,1-2H3. The molecule has 0 saturated carbocycles. The van der Waals surface area contributed by atoms with Gasteiger partial charge in [-0.2, -0.15) is 0 Å². The van der Waals surface area contributed by atoms with E-state index in [1.165, 1.54) is 11.8 Å². The molecule has 6 heteroatoms. The van der Waals surface area contributed by atoms with Crippen LogP contribution in [0.4, 0.5) is 0 Å². The minimum absolute atomic E-state index is 0.170. The Morgan fingerprint density at radius 3 is 2.71 bits per heavy atom. The maximum absolute atomic E-state index is 5.94. The Morgan fingerprint density at radius 2 is 2.21 bits per heavy atom. The van der Waals surface area contributed by atoms with Gasteiger partial charge >= 0.3 is 0 Å². The Morgan fingerprint density at radius 1 is 1.50 bits per heavy atom. The van der Waals surface area contributed by atoms with Crippen LogP contribution in [0.15, 0.2) is 11.4 Å². The molecule has 2 rings (SSSR count). The Hall–Kier alpha value is -0.360. The molecule has 1 aromatic heterocycles. The lowest BCUT2D eigenvalue weighted by molar-refractivity contribution is -0.382. The van der Waals surface area contributed by atoms with Gasteiger partial charge in [0.15, 0.2) is 17.7 Å². The van der Waals surface area contributed by atoms with Gasteiger partial charge in [-0.05, 0) is 13.2 Å². The summed E-state index contributed by atoms with van der Waals surface area (Å²) in [7, 11) is 0. The Labute approximate surface area is 91.0 Å². The highest BCUT2D eigenvalue weighted by molar-refractivity contribution is 7.98. The molecule has 0 atom stereocenters. The lowest BCUT2D eigenvalue weighted by Gasteiger charge is -2.33. The SMILES string of the molecule is CSc1ncc(C2OC(C)O2)c(Cl)n1.